The molecule has 0 atom stereocenters. The van der Waals surface area contributed by atoms with Crippen molar-refractivity contribution < 1.29 is 28.6 Å². The van der Waals surface area contributed by atoms with E-state index in [-0.39, 0.29) is 18.2 Å². The number of methoxy groups -OCH3 is 1. The lowest BCUT2D eigenvalue weighted by Gasteiger charge is -2.09. The maximum Gasteiger partial charge on any atom is 0.325 e. The third-order valence-electron chi connectivity index (χ3n) is 3.08. The number of thioether (sulfide) groups is 1. The topological polar surface area (TPSA) is 82.1 Å². The van der Waals surface area contributed by atoms with Crippen LogP contribution in [-0.4, -0.2) is 42.5 Å². The van der Waals surface area contributed by atoms with Gasteiger partial charge < -0.3 is 14.2 Å². The molecule has 2 amide bonds. The van der Waals surface area contributed by atoms with E-state index >= 15 is 0 Å². The highest BCUT2D eigenvalue weighted by Gasteiger charge is 2.36. The van der Waals surface area contributed by atoms with E-state index in [1.165, 1.54) is 7.11 Å². The van der Waals surface area contributed by atoms with E-state index in [1.807, 2.05) is 0 Å². The average Bonchev–Trinajstić information content (AvgIpc) is 3.07. The number of carbonyl (C=O) groups is 3. The Morgan fingerprint density at radius 1 is 1.36 bits per heavy atom. The number of hydrogen-bond donors (Lipinski definition) is 0. The Balaban J connectivity index is 1.82. The molecule has 0 spiro atoms. The minimum absolute atomic E-state index is 0.161. The second-order valence-electron chi connectivity index (χ2n) is 4.46. The van der Waals surface area contributed by atoms with Crippen LogP contribution in [0.25, 0.3) is 6.08 Å². The Morgan fingerprint density at radius 3 is 2.91 bits per heavy atom. The summed E-state index contributed by atoms with van der Waals surface area (Å²) in [6, 6.07) is 5.20. The Morgan fingerprint density at radius 2 is 2.14 bits per heavy atom. The van der Waals surface area contributed by atoms with Crippen LogP contribution >= 0.6 is 11.8 Å². The molecule has 7 nitrogen and oxygen atoms in total. The van der Waals surface area contributed by atoms with Crippen LogP contribution in [0.1, 0.15) is 5.56 Å². The average molecular weight is 321 g/mol. The van der Waals surface area contributed by atoms with Crippen molar-refractivity contribution >= 4 is 35.0 Å². The maximum absolute atomic E-state index is 12.2. The van der Waals surface area contributed by atoms with Gasteiger partial charge in [-0.05, 0) is 35.5 Å². The van der Waals surface area contributed by atoms with E-state index < -0.39 is 17.1 Å². The lowest BCUT2D eigenvalue weighted by Crippen LogP contribution is -2.34. The summed E-state index contributed by atoms with van der Waals surface area (Å²) in [5, 5.41) is -0.498. The zero-order valence-corrected chi connectivity index (χ0v) is 12.3. The van der Waals surface area contributed by atoms with Gasteiger partial charge in [0.05, 0.1) is 12.0 Å². The van der Waals surface area contributed by atoms with Crippen molar-refractivity contribution in [3.63, 3.8) is 0 Å². The van der Waals surface area contributed by atoms with Crippen molar-refractivity contribution in [2.45, 2.75) is 0 Å². The van der Waals surface area contributed by atoms with Gasteiger partial charge in [0.25, 0.3) is 11.1 Å². The Hall–Kier alpha value is -2.48. The van der Waals surface area contributed by atoms with Gasteiger partial charge in [0.1, 0.15) is 6.54 Å². The largest absolute Gasteiger partial charge is 0.468 e. The summed E-state index contributed by atoms with van der Waals surface area (Å²) in [7, 11) is 1.20. The molecule has 0 aliphatic carbocycles. The van der Waals surface area contributed by atoms with Gasteiger partial charge in [0, 0.05) is 0 Å². The molecular weight excluding hydrogens is 310 g/mol. The summed E-state index contributed by atoms with van der Waals surface area (Å²) in [5.41, 5.74) is 0.702. The van der Waals surface area contributed by atoms with Crippen molar-refractivity contribution in [2.24, 2.45) is 0 Å². The van der Waals surface area contributed by atoms with E-state index in [9.17, 15) is 14.4 Å². The molecule has 0 aromatic heterocycles. The molecule has 0 radical (unpaired) electrons. The van der Waals surface area contributed by atoms with Crippen LogP contribution in [0, 0.1) is 0 Å². The van der Waals surface area contributed by atoms with E-state index in [0.29, 0.717) is 17.1 Å². The second kappa shape index (κ2) is 5.72. The van der Waals surface area contributed by atoms with Crippen molar-refractivity contribution in [1.29, 1.82) is 0 Å². The number of imide groups is 1. The molecule has 1 fully saturated rings. The first-order chi connectivity index (χ1) is 10.6. The molecule has 0 saturated carbocycles. The molecule has 8 heteroatoms. The Labute approximate surface area is 129 Å². The summed E-state index contributed by atoms with van der Waals surface area (Å²) in [6.07, 6.45) is 1.57. The summed E-state index contributed by atoms with van der Waals surface area (Å²) in [6.45, 7) is -0.228. The molecule has 22 heavy (non-hydrogen) atoms. The summed E-state index contributed by atoms with van der Waals surface area (Å²) >= 11 is 0.781. The molecule has 0 bridgehead atoms. The normalized spacial score (nSPS) is 18.2. The van der Waals surface area contributed by atoms with E-state index in [4.69, 9.17) is 9.47 Å². The van der Waals surface area contributed by atoms with Crippen molar-refractivity contribution in [3.05, 3.63) is 28.7 Å². The third kappa shape index (κ3) is 2.64. The van der Waals surface area contributed by atoms with Crippen LogP contribution < -0.4 is 9.47 Å². The fraction of sp³-hybridized carbons (Fsp3) is 0.214. The zero-order chi connectivity index (χ0) is 15.7. The number of rotatable bonds is 3. The first kappa shape index (κ1) is 14.5. The van der Waals surface area contributed by atoms with Gasteiger partial charge in [-0.2, -0.15) is 0 Å². The minimum atomic E-state index is -0.647. The van der Waals surface area contributed by atoms with Crippen LogP contribution in [0.3, 0.4) is 0 Å². The van der Waals surface area contributed by atoms with Crippen LogP contribution in [0.4, 0.5) is 4.79 Å². The van der Waals surface area contributed by atoms with Crippen molar-refractivity contribution in [1.82, 2.24) is 4.90 Å². The highest BCUT2D eigenvalue weighted by atomic mass is 32.2. The number of benzene rings is 1. The SMILES string of the molecule is COC(=O)CN1C(=O)S/C(=C\c2ccc3c(c2)OCO3)C1=O. The molecule has 2 aliphatic heterocycles. The van der Waals surface area contributed by atoms with Gasteiger partial charge in [-0.15, -0.1) is 0 Å². The van der Waals surface area contributed by atoms with E-state index in [2.05, 4.69) is 4.74 Å². The number of ether oxygens (including phenoxy) is 3. The van der Waals surface area contributed by atoms with Crippen molar-refractivity contribution in [3.8, 4) is 11.5 Å². The van der Waals surface area contributed by atoms with Gasteiger partial charge in [0.2, 0.25) is 6.79 Å². The number of esters is 1. The Kier molecular flexibility index (Phi) is 3.76. The van der Waals surface area contributed by atoms with Gasteiger partial charge in [-0.3, -0.25) is 19.3 Å². The van der Waals surface area contributed by atoms with Crippen molar-refractivity contribution in [2.75, 3.05) is 20.4 Å². The summed E-state index contributed by atoms with van der Waals surface area (Å²) in [5.74, 6) is 0.0585. The molecular formula is C14H11NO6S. The summed E-state index contributed by atoms with van der Waals surface area (Å²) in [4.78, 5) is 36.3. The van der Waals surface area contributed by atoms with Gasteiger partial charge >= 0.3 is 5.97 Å². The number of hydrogen-bond acceptors (Lipinski definition) is 7. The monoisotopic (exact) mass is 321 g/mol. The first-order valence-corrected chi connectivity index (χ1v) is 7.12. The number of amides is 2. The molecule has 3 rings (SSSR count). The molecule has 2 heterocycles. The van der Waals surface area contributed by atoms with E-state index in [1.54, 1.807) is 24.3 Å². The number of carbonyl (C=O) groups excluding carboxylic acids is 3. The van der Waals surface area contributed by atoms with Crippen LogP contribution in [-0.2, 0) is 14.3 Å². The van der Waals surface area contributed by atoms with Gasteiger partial charge in [0.15, 0.2) is 11.5 Å². The predicted octanol–water partition coefficient (Wildman–Crippen LogP) is 1.62. The van der Waals surface area contributed by atoms with Gasteiger partial charge in [-0.1, -0.05) is 6.07 Å². The molecule has 1 aromatic carbocycles. The standard InChI is InChI=1S/C14H11NO6S/c1-19-12(16)6-15-13(17)11(22-14(15)18)5-8-2-3-9-10(4-8)21-7-20-9/h2-5H,6-7H2,1H3/b11-5-. The van der Waals surface area contributed by atoms with Crippen LogP contribution in [0.5, 0.6) is 11.5 Å². The second-order valence-corrected chi connectivity index (χ2v) is 5.45. The van der Waals surface area contributed by atoms with Crippen LogP contribution in [0.2, 0.25) is 0 Å². The first-order valence-electron chi connectivity index (χ1n) is 6.30. The molecule has 1 aromatic rings. The molecule has 114 valence electrons. The highest BCUT2D eigenvalue weighted by Crippen LogP contribution is 2.36. The zero-order valence-electron chi connectivity index (χ0n) is 11.5. The smallest absolute Gasteiger partial charge is 0.325 e. The molecule has 2 aliphatic rings. The highest BCUT2D eigenvalue weighted by molar-refractivity contribution is 8.18. The maximum atomic E-state index is 12.2. The van der Waals surface area contributed by atoms with Crippen LogP contribution in [0.15, 0.2) is 23.1 Å². The lowest BCUT2D eigenvalue weighted by molar-refractivity contribution is -0.143. The summed E-state index contributed by atoms with van der Waals surface area (Å²) < 4.78 is 14.9. The minimum Gasteiger partial charge on any atom is -0.468 e. The van der Waals surface area contributed by atoms with E-state index in [0.717, 1.165) is 16.7 Å². The Bertz CT molecular complexity index is 699. The predicted molar refractivity (Wildman–Crippen MR) is 77.3 cm³/mol. The van der Waals surface area contributed by atoms with Gasteiger partial charge in [-0.25, -0.2) is 0 Å². The molecule has 0 N–H and O–H groups in total. The number of nitrogens with zero attached hydrogens (tertiary/aromatic N) is 1. The lowest BCUT2D eigenvalue weighted by atomic mass is 10.2. The quantitative estimate of drug-likeness (QED) is 0.618. The molecule has 1 saturated heterocycles. The third-order valence-corrected chi connectivity index (χ3v) is 3.99. The fourth-order valence-corrected chi connectivity index (χ4v) is 2.82. The number of fused-ring (bicyclic) bond motifs is 1. The molecule has 0 unspecified atom stereocenters. The fourth-order valence-electron chi connectivity index (χ4n) is 1.98.